The summed E-state index contributed by atoms with van der Waals surface area (Å²) in [5.74, 6) is -1.62. The molecule has 30 heavy (non-hydrogen) atoms. The van der Waals surface area contributed by atoms with Gasteiger partial charge in [0.05, 0.1) is 21.3 Å². The second kappa shape index (κ2) is 7.55. The molecule has 1 aliphatic heterocycles. The first kappa shape index (κ1) is 20.1. The Morgan fingerprint density at radius 3 is 2.40 bits per heavy atom. The molecule has 152 valence electrons. The van der Waals surface area contributed by atoms with Gasteiger partial charge in [-0.1, -0.05) is 35.3 Å². The van der Waals surface area contributed by atoms with E-state index in [1.54, 1.807) is 31.2 Å². The lowest BCUT2D eigenvalue weighted by Crippen LogP contribution is -2.29. The Hall–Kier alpha value is -3.22. The van der Waals surface area contributed by atoms with E-state index in [1.165, 1.54) is 30.3 Å². The first-order chi connectivity index (χ1) is 14.3. The number of hydrogen-bond acceptors (Lipinski definition) is 5. The number of phenolic OH excluding ortho intramolecular Hbond substituents is 1. The minimum Gasteiger partial charge on any atom is -0.507 e. The maximum Gasteiger partial charge on any atom is 0.300 e. The number of furan rings is 1. The van der Waals surface area contributed by atoms with Gasteiger partial charge in [0.25, 0.3) is 11.7 Å². The number of benzene rings is 2. The Morgan fingerprint density at radius 1 is 1.03 bits per heavy atom. The molecule has 0 bridgehead atoms. The van der Waals surface area contributed by atoms with Crippen LogP contribution in [0.5, 0.6) is 5.75 Å². The summed E-state index contributed by atoms with van der Waals surface area (Å²) in [6.07, 6.45) is 0. The van der Waals surface area contributed by atoms with E-state index in [9.17, 15) is 19.8 Å². The van der Waals surface area contributed by atoms with E-state index in [0.717, 1.165) is 4.90 Å². The first-order valence-electron chi connectivity index (χ1n) is 8.90. The van der Waals surface area contributed by atoms with Gasteiger partial charge in [-0.3, -0.25) is 14.5 Å². The number of ketones is 1. The molecule has 0 spiro atoms. The molecule has 3 aromatic rings. The van der Waals surface area contributed by atoms with Crippen LogP contribution in [0.3, 0.4) is 0 Å². The Bertz CT molecular complexity index is 1210. The quantitative estimate of drug-likeness (QED) is 0.328. The summed E-state index contributed by atoms with van der Waals surface area (Å²) in [5.41, 5.74) is 0.149. The molecule has 1 atom stereocenters. The molecule has 0 saturated carbocycles. The molecule has 2 aromatic carbocycles. The number of para-hydroxylation sites is 2. The van der Waals surface area contributed by atoms with Crippen LogP contribution in [0, 0.1) is 6.92 Å². The van der Waals surface area contributed by atoms with Gasteiger partial charge < -0.3 is 14.6 Å². The number of aliphatic hydroxyl groups is 1. The van der Waals surface area contributed by atoms with Crippen LogP contribution in [-0.2, 0) is 9.59 Å². The lowest BCUT2D eigenvalue weighted by molar-refractivity contribution is -0.132. The van der Waals surface area contributed by atoms with Crippen LogP contribution in [0.15, 0.2) is 64.6 Å². The molecule has 0 radical (unpaired) electrons. The smallest absolute Gasteiger partial charge is 0.300 e. The number of aromatic hydroxyl groups is 1. The number of nitrogens with zero attached hydrogens (tertiary/aromatic N) is 1. The van der Waals surface area contributed by atoms with Gasteiger partial charge in [0, 0.05) is 5.56 Å². The Kier molecular flexibility index (Phi) is 5.05. The van der Waals surface area contributed by atoms with Crippen molar-refractivity contribution in [3.8, 4) is 5.75 Å². The second-order valence-corrected chi connectivity index (χ2v) is 7.55. The molecule has 2 N–H and O–H groups in total. The minimum atomic E-state index is -1.08. The number of phenols is 1. The predicted molar refractivity (Wildman–Crippen MR) is 113 cm³/mol. The van der Waals surface area contributed by atoms with Crippen molar-refractivity contribution in [2.75, 3.05) is 4.90 Å². The number of rotatable bonds is 3. The van der Waals surface area contributed by atoms with Crippen LogP contribution in [-0.4, -0.2) is 21.9 Å². The highest BCUT2D eigenvalue weighted by Gasteiger charge is 2.49. The molecule has 1 amide bonds. The third-order valence-electron chi connectivity index (χ3n) is 4.81. The summed E-state index contributed by atoms with van der Waals surface area (Å²) in [6.45, 7) is 1.72. The number of hydrogen-bond donors (Lipinski definition) is 2. The highest BCUT2D eigenvalue weighted by atomic mass is 35.5. The largest absolute Gasteiger partial charge is 0.507 e. The van der Waals surface area contributed by atoms with Crippen molar-refractivity contribution in [3.05, 3.63) is 87.3 Å². The summed E-state index contributed by atoms with van der Waals surface area (Å²) in [4.78, 5) is 27.0. The fourth-order valence-corrected chi connectivity index (χ4v) is 3.72. The van der Waals surface area contributed by atoms with Crippen molar-refractivity contribution < 1.29 is 24.2 Å². The minimum absolute atomic E-state index is 0.117. The number of carbonyl (C=O) groups excluding carboxylic acids is 2. The van der Waals surface area contributed by atoms with Crippen molar-refractivity contribution in [2.45, 2.75) is 13.0 Å². The van der Waals surface area contributed by atoms with Gasteiger partial charge in [-0.25, -0.2) is 0 Å². The van der Waals surface area contributed by atoms with Gasteiger partial charge in [-0.15, -0.1) is 0 Å². The Morgan fingerprint density at radius 2 is 1.77 bits per heavy atom. The highest BCUT2D eigenvalue weighted by molar-refractivity contribution is 6.52. The van der Waals surface area contributed by atoms with Crippen LogP contribution in [0.1, 0.15) is 23.1 Å². The van der Waals surface area contributed by atoms with Gasteiger partial charge >= 0.3 is 0 Å². The zero-order chi connectivity index (χ0) is 21.6. The number of anilines is 1. The summed E-state index contributed by atoms with van der Waals surface area (Å²) in [7, 11) is 0. The van der Waals surface area contributed by atoms with E-state index in [4.69, 9.17) is 27.6 Å². The molecule has 8 heteroatoms. The molecule has 1 aromatic heterocycles. The number of Topliss-reactive ketones (excluding diaryl/α,β-unsaturated/α-hetero) is 1. The van der Waals surface area contributed by atoms with Gasteiger partial charge in [-0.2, -0.15) is 0 Å². The third kappa shape index (κ3) is 3.24. The first-order valence-corrected chi connectivity index (χ1v) is 9.66. The molecule has 1 fully saturated rings. The molecule has 4 rings (SSSR count). The van der Waals surface area contributed by atoms with E-state index in [0.29, 0.717) is 5.76 Å². The van der Waals surface area contributed by atoms with E-state index < -0.39 is 23.5 Å². The summed E-state index contributed by atoms with van der Waals surface area (Å²) in [6, 6.07) is 12.7. The lowest BCUT2D eigenvalue weighted by atomic mass is 9.99. The van der Waals surface area contributed by atoms with Crippen molar-refractivity contribution in [1.29, 1.82) is 0 Å². The van der Waals surface area contributed by atoms with Crippen LogP contribution in [0.4, 0.5) is 5.69 Å². The summed E-state index contributed by atoms with van der Waals surface area (Å²) in [5, 5.41) is 21.7. The molecular weight excluding hydrogens is 429 g/mol. The molecule has 0 aliphatic carbocycles. The molecule has 6 nitrogen and oxygen atoms in total. The summed E-state index contributed by atoms with van der Waals surface area (Å²) >= 11 is 12.0. The van der Waals surface area contributed by atoms with Gasteiger partial charge in [0.2, 0.25) is 0 Å². The SMILES string of the molecule is Cc1ccc(C2/C(=C(/O)c3ccc(Cl)c(Cl)c3)C(=O)C(=O)N2c2ccccc2O)o1. The van der Waals surface area contributed by atoms with Crippen LogP contribution < -0.4 is 4.90 Å². The van der Waals surface area contributed by atoms with Gasteiger partial charge in [0.15, 0.2) is 0 Å². The van der Waals surface area contributed by atoms with Crippen LogP contribution in [0.25, 0.3) is 5.76 Å². The number of amides is 1. The lowest BCUT2D eigenvalue weighted by Gasteiger charge is -2.24. The maximum absolute atomic E-state index is 13.0. The van der Waals surface area contributed by atoms with Gasteiger partial charge in [-0.05, 0) is 49.4 Å². The average molecular weight is 444 g/mol. The van der Waals surface area contributed by atoms with E-state index >= 15 is 0 Å². The average Bonchev–Trinajstić information content (AvgIpc) is 3.25. The second-order valence-electron chi connectivity index (χ2n) is 6.74. The standard InChI is InChI=1S/C22H15Cl2NO5/c1-11-6-9-17(30-11)19-18(20(27)12-7-8-13(23)14(24)10-12)21(28)22(29)25(19)15-4-2-3-5-16(15)26/h2-10,19,26-27H,1H3/b20-18-. The Labute approximate surface area is 181 Å². The van der Waals surface area contributed by atoms with Crippen LogP contribution >= 0.6 is 23.2 Å². The number of aliphatic hydroxyl groups excluding tert-OH is 1. The molecule has 1 saturated heterocycles. The summed E-state index contributed by atoms with van der Waals surface area (Å²) < 4.78 is 5.69. The molecule has 1 aliphatic rings. The number of aryl methyl sites for hydroxylation is 1. The van der Waals surface area contributed by atoms with Crippen molar-refractivity contribution in [2.24, 2.45) is 0 Å². The zero-order valence-corrected chi connectivity index (χ0v) is 17.1. The monoisotopic (exact) mass is 443 g/mol. The fraction of sp³-hybridized carbons (Fsp3) is 0.0909. The van der Waals surface area contributed by atoms with Crippen molar-refractivity contribution in [3.63, 3.8) is 0 Å². The molecule has 2 heterocycles. The third-order valence-corrected chi connectivity index (χ3v) is 5.55. The Balaban J connectivity index is 1.97. The number of halogens is 2. The predicted octanol–water partition coefficient (Wildman–Crippen LogP) is 5.23. The van der Waals surface area contributed by atoms with Crippen molar-refractivity contribution in [1.82, 2.24) is 0 Å². The van der Waals surface area contributed by atoms with Crippen LogP contribution in [0.2, 0.25) is 10.0 Å². The van der Waals surface area contributed by atoms with E-state index in [2.05, 4.69) is 0 Å². The van der Waals surface area contributed by atoms with Gasteiger partial charge in [0.1, 0.15) is 29.1 Å². The maximum atomic E-state index is 13.0. The van der Waals surface area contributed by atoms with E-state index in [1.807, 2.05) is 0 Å². The van der Waals surface area contributed by atoms with E-state index in [-0.39, 0.29) is 38.4 Å². The molecular formula is C22H15Cl2NO5. The fourth-order valence-electron chi connectivity index (χ4n) is 3.42. The number of carbonyl (C=O) groups is 2. The zero-order valence-electron chi connectivity index (χ0n) is 15.6. The molecule has 1 unspecified atom stereocenters. The van der Waals surface area contributed by atoms with Crippen molar-refractivity contribution >= 4 is 46.3 Å². The highest BCUT2D eigenvalue weighted by Crippen LogP contribution is 2.45. The normalized spacial score (nSPS) is 18.2. The topological polar surface area (TPSA) is 91.0 Å².